The van der Waals surface area contributed by atoms with Crippen LogP contribution in [0, 0.1) is 17.0 Å². The molecule has 2 heterocycles. The van der Waals surface area contributed by atoms with Crippen LogP contribution >= 0.6 is 0 Å². The number of hydrogen-bond donors (Lipinski definition) is 2. The molecule has 0 atom stereocenters. The Morgan fingerprint density at radius 2 is 1.97 bits per heavy atom. The van der Waals surface area contributed by atoms with Crippen molar-refractivity contribution >= 4 is 11.8 Å². The summed E-state index contributed by atoms with van der Waals surface area (Å²) in [6.07, 6.45) is 5.53. The van der Waals surface area contributed by atoms with Crippen LogP contribution in [0.2, 0.25) is 0 Å². The molecule has 0 radical (unpaired) electrons. The molecule has 1 aromatic heterocycles. The Morgan fingerprint density at radius 3 is 2.59 bits per heavy atom. The Labute approximate surface area is 195 Å². The minimum absolute atomic E-state index is 0.0427. The average Bonchev–Trinajstić information content (AvgIpc) is 2.78. The van der Waals surface area contributed by atoms with Crippen LogP contribution in [0.3, 0.4) is 0 Å². The number of benzene rings is 1. The van der Waals surface area contributed by atoms with Crippen LogP contribution in [0.25, 0.3) is 0 Å². The van der Waals surface area contributed by atoms with Gasteiger partial charge in [0.25, 0.3) is 11.8 Å². The molecule has 0 saturated heterocycles. The SMILES string of the molecule is CCN1CN(CCC2(C)CCC2)n2cc(C(=O)NCc3ccc(F)cc3F)c(=O)c(O)c2C1=O. The Balaban J connectivity index is 1.63. The van der Waals surface area contributed by atoms with Crippen LogP contribution in [0.4, 0.5) is 8.78 Å². The maximum absolute atomic E-state index is 13.9. The van der Waals surface area contributed by atoms with E-state index in [1.807, 2.05) is 11.9 Å². The van der Waals surface area contributed by atoms with Crippen molar-refractivity contribution in [3.8, 4) is 5.75 Å². The van der Waals surface area contributed by atoms with Gasteiger partial charge < -0.3 is 15.3 Å². The third-order valence-electron chi connectivity index (χ3n) is 6.91. The zero-order chi connectivity index (χ0) is 24.6. The van der Waals surface area contributed by atoms with Crippen LogP contribution in [0.15, 0.2) is 29.2 Å². The standard InChI is InChI=1S/C24H28F2N4O4/c1-3-28-14-29(10-9-24(2)7-4-8-24)30-13-17(20(31)21(32)19(30)23(28)34)22(33)27-12-15-5-6-16(25)11-18(15)26/h5-6,11,13,32H,3-4,7-10,12,14H2,1-2H3,(H,27,33). The summed E-state index contributed by atoms with van der Waals surface area (Å²) >= 11 is 0. The van der Waals surface area contributed by atoms with E-state index in [1.54, 1.807) is 0 Å². The topological polar surface area (TPSA) is 94.9 Å². The lowest BCUT2D eigenvalue weighted by Gasteiger charge is -2.43. The molecular weight excluding hydrogens is 446 g/mol. The van der Waals surface area contributed by atoms with Crippen molar-refractivity contribution < 1.29 is 23.5 Å². The summed E-state index contributed by atoms with van der Waals surface area (Å²) in [5.74, 6) is -3.71. The summed E-state index contributed by atoms with van der Waals surface area (Å²) in [5.41, 5.74) is -1.29. The highest BCUT2D eigenvalue weighted by molar-refractivity contribution is 5.99. The van der Waals surface area contributed by atoms with Gasteiger partial charge >= 0.3 is 0 Å². The average molecular weight is 475 g/mol. The van der Waals surface area contributed by atoms with Crippen molar-refractivity contribution in [1.82, 2.24) is 14.9 Å². The molecule has 8 nitrogen and oxygen atoms in total. The maximum atomic E-state index is 13.9. The normalized spacial score (nSPS) is 16.8. The molecule has 2 aromatic rings. The lowest BCUT2D eigenvalue weighted by molar-refractivity contribution is 0.0685. The third kappa shape index (κ3) is 4.36. The van der Waals surface area contributed by atoms with E-state index in [-0.39, 0.29) is 35.4 Å². The molecule has 1 fully saturated rings. The number of rotatable bonds is 7. The van der Waals surface area contributed by atoms with E-state index in [9.17, 15) is 28.3 Å². The van der Waals surface area contributed by atoms with Crippen molar-refractivity contribution in [2.24, 2.45) is 5.41 Å². The number of aromatic nitrogens is 1. The number of fused-ring (bicyclic) bond motifs is 1. The molecular formula is C24H28F2N4O4. The minimum atomic E-state index is -0.986. The first-order chi connectivity index (χ1) is 16.1. The van der Waals surface area contributed by atoms with E-state index in [1.165, 1.54) is 28.3 Å². The van der Waals surface area contributed by atoms with Gasteiger partial charge in [-0.25, -0.2) is 8.78 Å². The van der Waals surface area contributed by atoms with Gasteiger partial charge in [0.05, 0.1) is 0 Å². The second-order valence-electron chi connectivity index (χ2n) is 9.28. The summed E-state index contributed by atoms with van der Waals surface area (Å²) in [4.78, 5) is 40.0. The molecule has 1 saturated carbocycles. The predicted octanol–water partition coefficient (Wildman–Crippen LogP) is 2.71. The molecule has 0 spiro atoms. The van der Waals surface area contributed by atoms with E-state index in [4.69, 9.17) is 0 Å². The van der Waals surface area contributed by atoms with Gasteiger partial charge in [-0.1, -0.05) is 19.4 Å². The minimum Gasteiger partial charge on any atom is -0.502 e. The third-order valence-corrected chi connectivity index (χ3v) is 6.91. The first kappa shape index (κ1) is 23.7. The monoisotopic (exact) mass is 474 g/mol. The van der Waals surface area contributed by atoms with Crippen molar-refractivity contribution in [1.29, 1.82) is 0 Å². The van der Waals surface area contributed by atoms with Crippen LogP contribution in [0.1, 0.15) is 65.9 Å². The molecule has 182 valence electrons. The first-order valence-electron chi connectivity index (χ1n) is 11.4. The van der Waals surface area contributed by atoms with Crippen molar-refractivity contribution in [2.75, 3.05) is 24.8 Å². The fourth-order valence-corrected chi connectivity index (χ4v) is 4.44. The Hall–Kier alpha value is -3.43. The van der Waals surface area contributed by atoms with Gasteiger partial charge in [-0.3, -0.25) is 24.1 Å². The van der Waals surface area contributed by atoms with E-state index in [0.717, 1.165) is 25.3 Å². The van der Waals surface area contributed by atoms with E-state index >= 15 is 0 Å². The fourth-order valence-electron chi connectivity index (χ4n) is 4.44. The second kappa shape index (κ2) is 9.08. The van der Waals surface area contributed by atoms with Gasteiger partial charge in [-0.2, -0.15) is 0 Å². The number of pyridine rings is 1. The fraction of sp³-hybridized carbons (Fsp3) is 0.458. The number of halogens is 2. The van der Waals surface area contributed by atoms with Gasteiger partial charge in [0.1, 0.15) is 23.9 Å². The highest BCUT2D eigenvalue weighted by atomic mass is 19.1. The smallest absolute Gasteiger partial charge is 0.277 e. The molecule has 0 bridgehead atoms. The zero-order valence-corrected chi connectivity index (χ0v) is 19.2. The Morgan fingerprint density at radius 1 is 1.24 bits per heavy atom. The van der Waals surface area contributed by atoms with Gasteiger partial charge in [-0.05, 0) is 37.7 Å². The summed E-state index contributed by atoms with van der Waals surface area (Å²) < 4.78 is 28.4. The highest BCUT2D eigenvalue weighted by Crippen LogP contribution is 2.43. The van der Waals surface area contributed by atoms with Crippen molar-refractivity contribution in [2.45, 2.75) is 46.1 Å². The molecule has 1 aliphatic carbocycles. The largest absolute Gasteiger partial charge is 0.502 e. The lowest BCUT2D eigenvalue weighted by Crippen LogP contribution is -2.55. The quantitative estimate of drug-likeness (QED) is 0.644. The highest BCUT2D eigenvalue weighted by Gasteiger charge is 2.36. The number of amides is 2. The molecule has 34 heavy (non-hydrogen) atoms. The van der Waals surface area contributed by atoms with Gasteiger partial charge in [0.15, 0.2) is 11.4 Å². The summed E-state index contributed by atoms with van der Waals surface area (Å²) in [6, 6.07) is 2.96. The maximum Gasteiger partial charge on any atom is 0.277 e. The van der Waals surface area contributed by atoms with Crippen molar-refractivity contribution in [3.63, 3.8) is 0 Å². The molecule has 0 unspecified atom stereocenters. The number of nitrogens with one attached hydrogen (secondary N) is 1. The number of carbonyl (C=O) groups is 2. The number of nitrogens with zero attached hydrogens (tertiary/aromatic N) is 3. The van der Waals surface area contributed by atoms with Crippen LogP contribution in [-0.2, 0) is 6.54 Å². The van der Waals surface area contributed by atoms with Crippen LogP contribution in [0.5, 0.6) is 5.75 Å². The second-order valence-corrected chi connectivity index (χ2v) is 9.28. The van der Waals surface area contributed by atoms with Crippen molar-refractivity contribution in [3.05, 3.63) is 63.1 Å². The lowest BCUT2D eigenvalue weighted by atomic mass is 9.68. The first-order valence-corrected chi connectivity index (χ1v) is 11.4. The zero-order valence-electron chi connectivity index (χ0n) is 19.2. The molecule has 2 aliphatic rings. The predicted molar refractivity (Wildman–Crippen MR) is 121 cm³/mol. The number of carbonyl (C=O) groups excluding carboxylic acids is 2. The molecule has 10 heteroatoms. The van der Waals surface area contributed by atoms with Gasteiger partial charge in [0.2, 0.25) is 5.43 Å². The molecule has 2 N–H and O–H groups in total. The van der Waals surface area contributed by atoms with Crippen LogP contribution < -0.4 is 15.8 Å². The van der Waals surface area contributed by atoms with E-state index in [2.05, 4.69) is 12.2 Å². The van der Waals surface area contributed by atoms with Gasteiger partial charge in [0, 0.05) is 37.5 Å². The molecule has 1 aliphatic heterocycles. The summed E-state index contributed by atoms with van der Waals surface area (Å²) in [5, 5.41) is 14.9. The summed E-state index contributed by atoms with van der Waals surface area (Å²) in [6.45, 7) is 4.95. The van der Waals surface area contributed by atoms with Gasteiger partial charge in [-0.15, -0.1) is 0 Å². The van der Waals surface area contributed by atoms with E-state index < -0.39 is 34.6 Å². The molecule has 1 aromatic carbocycles. The number of hydrogen-bond acceptors (Lipinski definition) is 5. The Bertz CT molecular complexity index is 1190. The molecule has 4 rings (SSSR count). The number of aromatic hydroxyl groups is 1. The van der Waals surface area contributed by atoms with Crippen LogP contribution in [-0.4, -0.2) is 46.3 Å². The molecule has 2 amide bonds. The Kier molecular flexibility index (Phi) is 6.33. The summed E-state index contributed by atoms with van der Waals surface area (Å²) in [7, 11) is 0. The van der Waals surface area contributed by atoms with E-state index in [0.29, 0.717) is 19.2 Å².